The third-order valence-corrected chi connectivity index (χ3v) is 9.28. The Bertz CT molecular complexity index is 1400. The summed E-state index contributed by atoms with van der Waals surface area (Å²) in [5.41, 5.74) is 4.64. The van der Waals surface area contributed by atoms with Gasteiger partial charge in [0.15, 0.2) is 11.6 Å². The number of methoxy groups -OCH3 is 1. The quantitative estimate of drug-likeness (QED) is 0.363. The maximum Gasteiger partial charge on any atom is 0.335 e. The minimum atomic E-state index is -0.964. The lowest BCUT2D eigenvalue weighted by molar-refractivity contribution is 0.0697. The number of likely N-dealkylation sites (tertiary alicyclic amines) is 1. The highest BCUT2D eigenvalue weighted by molar-refractivity contribution is 5.99. The number of carboxylic acids is 1. The van der Waals surface area contributed by atoms with E-state index in [-0.39, 0.29) is 5.56 Å². The van der Waals surface area contributed by atoms with Crippen LogP contribution < -0.4 is 4.90 Å². The van der Waals surface area contributed by atoms with Crippen molar-refractivity contribution in [1.82, 2.24) is 9.47 Å². The Kier molecular flexibility index (Phi) is 7.82. The van der Waals surface area contributed by atoms with E-state index in [0.717, 1.165) is 80.6 Å². The van der Waals surface area contributed by atoms with Crippen LogP contribution in [0.3, 0.4) is 0 Å². The number of anilines is 1. The summed E-state index contributed by atoms with van der Waals surface area (Å²) in [7, 11) is 1.75. The minimum absolute atomic E-state index is 0.241. The smallest absolute Gasteiger partial charge is 0.335 e. The Morgan fingerprint density at radius 1 is 0.975 bits per heavy atom. The van der Waals surface area contributed by atoms with Gasteiger partial charge in [-0.25, -0.2) is 13.6 Å². The predicted molar refractivity (Wildman–Crippen MR) is 153 cm³/mol. The summed E-state index contributed by atoms with van der Waals surface area (Å²) in [6.07, 6.45) is 7.89. The molecule has 2 aliphatic heterocycles. The van der Waals surface area contributed by atoms with E-state index in [2.05, 4.69) is 14.4 Å². The summed E-state index contributed by atoms with van der Waals surface area (Å²) in [5.74, 6) is -1.82. The maximum atomic E-state index is 15.0. The van der Waals surface area contributed by atoms with Crippen molar-refractivity contribution in [2.75, 3.05) is 51.3 Å². The molecule has 3 aromatic rings. The van der Waals surface area contributed by atoms with Crippen LogP contribution in [-0.4, -0.2) is 67.0 Å². The van der Waals surface area contributed by atoms with Crippen LogP contribution in [0, 0.1) is 17.6 Å². The Morgan fingerprint density at radius 2 is 1.77 bits per heavy atom. The van der Waals surface area contributed by atoms with E-state index >= 15 is 0 Å². The van der Waals surface area contributed by atoms with Crippen LogP contribution in [0.1, 0.15) is 66.8 Å². The molecule has 0 spiro atoms. The second kappa shape index (κ2) is 11.5. The number of hydrogen-bond donors (Lipinski definition) is 1. The first-order valence-corrected chi connectivity index (χ1v) is 14.8. The average molecular weight is 552 g/mol. The van der Waals surface area contributed by atoms with Crippen LogP contribution in [0.15, 0.2) is 30.3 Å². The van der Waals surface area contributed by atoms with Crippen LogP contribution in [0.4, 0.5) is 14.5 Å². The van der Waals surface area contributed by atoms with E-state index in [1.807, 2.05) is 6.07 Å². The molecule has 6 nitrogen and oxygen atoms in total. The summed E-state index contributed by atoms with van der Waals surface area (Å²) in [4.78, 5) is 16.6. The first-order valence-electron chi connectivity index (χ1n) is 14.8. The molecule has 0 bridgehead atoms. The SMILES string of the molecule is COC[C@@H]1CCCN(CCN2CCn3c(c(C4CCCCC4)c4ccc(C(=O)O)cc43)-c3cc(F)c(F)cc32)C1. The van der Waals surface area contributed by atoms with Crippen molar-refractivity contribution < 1.29 is 23.4 Å². The van der Waals surface area contributed by atoms with Crippen LogP contribution >= 0.6 is 0 Å². The molecule has 2 fully saturated rings. The molecule has 1 saturated carbocycles. The summed E-state index contributed by atoms with van der Waals surface area (Å²) < 4.78 is 37.4. The van der Waals surface area contributed by atoms with Crippen molar-refractivity contribution in [3.63, 3.8) is 0 Å². The number of carbonyl (C=O) groups is 1. The fourth-order valence-electron chi connectivity index (χ4n) is 7.39. The zero-order chi connectivity index (χ0) is 27.8. The van der Waals surface area contributed by atoms with Gasteiger partial charge in [0.2, 0.25) is 0 Å². The standard InChI is InChI=1S/C32H39F2N3O3/c1-40-20-21-6-5-11-35(19-21)12-13-36-14-15-37-29-16-23(32(38)39)9-10-24(29)30(22-7-3-2-4-8-22)31(37)25-17-26(33)27(34)18-28(25)36/h9-10,16-18,21-22H,2-8,11-15,19-20H2,1H3,(H,38,39)/t21-/m1/s1. The van der Waals surface area contributed by atoms with E-state index in [9.17, 15) is 18.7 Å². The molecule has 1 saturated heterocycles. The molecular formula is C32H39F2N3O3. The van der Waals surface area contributed by atoms with Gasteiger partial charge >= 0.3 is 5.97 Å². The Morgan fingerprint density at radius 3 is 2.55 bits per heavy atom. The monoisotopic (exact) mass is 551 g/mol. The van der Waals surface area contributed by atoms with Crippen LogP contribution in [0.2, 0.25) is 0 Å². The molecule has 0 unspecified atom stereocenters. The Balaban J connectivity index is 1.43. The molecule has 1 aliphatic carbocycles. The number of aromatic nitrogens is 1. The van der Waals surface area contributed by atoms with Crippen LogP contribution in [-0.2, 0) is 11.3 Å². The summed E-state index contributed by atoms with van der Waals surface area (Å²) >= 11 is 0. The lowest BCUT2D eigenvalue weighted by Crippen LogP contribution is -2.42. The number of ether oxygens (including phenoxy) is 1. The summed E-state index contributed by atoms with van der Waals surface area (Å²) in [5, 5.41) is 10.8. The second-order valence-corrected chi connectivity index (χ2v) is 11.8. The highest BCUT2D eigenvalue weighted by Crippen LogP contribution is 2.47. The van der Waals surface area contributed by atoms with E-state index in [1.165, 1.54) is 30.5 Å². The van der Waals surface area contributed by atoms with Gasteiger partial charge in [0.05, 0.1) is 17.9 Å². The molecule has 1 aromatic heterocycles. The topological polar surface area (TPSA) is 57.9 Å². The molecule has 2 aromatic carbocycles. The fourth-order valence-corrected chi connectivity index (χ4v) is 7.39. The van der Waals surface area contributed by atoms with E-state index in [1.54, 1.807) is 19.2 Å². The predicted octanol–water partition coefficient (Wildman–Crippen LogP) is 6.51. The molecule has 8 heteroatoms. The largest absolute Gasteiger partial charge is 0.478 e. The third kappa shape index (κ3) is 5.12. The highest BCUT2D eigenvalue weighted by Gasteiger charge is 2.32. The number of hydrogen-bond acceptors (Lipinski definition) is 4. The van der Waals surface area contributed by atoms with Crippen molar-refractivity contribution >= 4 is 22.6 Å². The number of benzene rings is 2. The lowest BCUT2D eigenvalue weighted by atomic mass is 9.81. The van der Waals surface area contributed by atoms with Crippen molar-refractivity contribution in [3.05, 3.63) is 53.1 Å². The third-order valence-electron chi connectivity index (χ3n) is 9.28. The lowest BCUT2D eigenvalue weighted by Gasteiger charge is -2.34. The van der Waals surface area contributed by atoms with Gasteiger partial charge in [-0.2, -0.15) is 0 Å². The van der Waals surface area contributed by atoms with Crippen molar-refractivity contribution in [2.45, 2.75) is 57.4 Å². The zero-order valence-electron chi connectivity index (χ0n) is 23.3. The first-order chi connectivity index (χ1) is 19.4. The molecule has 0 amide bonds. The van der Waals surface area contributed by atoms with E-state index in [0.29, 0.717) is 37.0 Å². The second-order valence-electron chi connectivity index (χ2n) is 11.8. The van der Waals surface area contributed by atoms with Gasteiger partial charge in [-0.1, -0.05) is 25.3 Å². The fraction of sp³-hybridized carbons (Fsp3) is 0.531. The maximum absolute atomic E-state index is 15.0. The van der Waals surface area contributed by atoms with Gasteiger partial charge in [0.25, 0.3) is 0 Å². The van der Waals surface area contributed by atoms with Crippen LogP contribution in [0.5, 0.6) is 0 Å². The molecule has 40 heavy (non-hydrogen) atoms. The molecule has 1 atom stereocenters. The van der Waals surface area contributed by atoms with Gasteiger partial charge < -0.3 is 24.2 Å². The molecule has 3 heterocycles. The number of fused-ring (bicyclic) bond motifs is 5. The molecule has 0 radical (unpaired) electrons. The molecule has 214 valence electrons. The minimum Gasteiger partial charge on any atom is -0.478 e. The summed E-state index contributed by atoms with van der Waals surface area (Å²) in [6, 6.07) is 8.09. The van der Waals surface area contributed by atoms with Gasteiger partial charge in [-0.3, -0.25) is 0 Å². The van der Waals surface area contributed by atoms with Gasteiger partial charge in [0.1, 0.15) is 0 Å². The summed E-state index contributed by atoms with van der Waals surface area (Å²) in [6.45, 7) is 5.58. The van der Waals surface area contributed by atoms with Gasteiger partial charge in [-0.15, -0.1) is 0 Å². The number of halogens is 2. The van der Waals surface area contributed by atoms with Gasteiger partial charge in [0, 0.05) is 68.1 Å². The number of nitrogens with zero attached hydrogens (tertiary/aromatic N) is 3. The molecular weight excluding hydrogens is 512 g/mol. The van der Waals surface area contributed by atoms with Crippen molar-refractivity contribution in [2.24, 2.45) is 5.92 Å². The van der Waals surface area contributed by atoms with Crippen molar-refractivity contribution in [3.8, 4) is 11.3 Å². The Hall–Kier alpha value is -2.97. The number of carboxylic acid groups (broad SMARTS) is 1. The van der Waals surface area contributed by atoms with E-state index < -0.39 is 17.6 Å². The Labute approximate surface area is 234 Å². The first kappa shape index (κ1) is 27.2. The van der Waals surface area contributed by atoms with Crippen LogP contribution in [0.25, 0.3) is 22.2 Å². The number of piperidine rings is 1. The van der Waals surface area contributed by atoms with E-state index in [4.69, 9.17) is 4.74 Å². The normalized spacial score (nSPS) is 20.4. The molecule has 1 N–H and O–H groups in total. The highest BCUT2D eigenvalue weighted by atomic mass is 19.2. The average Bonchev–Trinajstić information content (AvgIpc) is 3.20. The van der Waals surface area contributed by atoms with Gasteiger partial charge in [-0.05, 0) is 67.8 Å². The molecule has 6 rings (SSSR count). The molecule has 3 aliphatic rings. The number of aromatic carboxylic acids is 1. The number of rotatable bonds is 7. The van der Waals surface area contributed by atoms with Crippen molar-refractivity contribution in [1.29, 1.82) is 0 Å². The zero-order valence-corrected chi connectivity index (χ0v) is 23.3.